The normalized spacial score (nSPS) is 11.9. The number of esters is 2. The van der Waals surface area contributed by atoms with Gasteiger partial charge in [-0.1, -0.05) is 74.2 Å². The van der Waals surface area contributed by atoms with Crippen LogP contribution in [-0.2, 0) is 41.8 Å². The summed E-state index contributed by atoms with van der Waals surface area (Å²) < 4.78 is 67.0. The number of hydrogen-bond acceptors (Lipinski definition) is 9. The van der Waals surface area contributed by atoms with Crippen molar-refractivity contribution in [3.05, 3.63) is 101 Å². The predicted molar refractivity (Wildman–Crippen MR) is 214 cm³/mol. The number of nitrogens with zero attached hydrogens (tertiary/aromatic N) is 2. The molecule has 0 amide bonds. The van der Waals surface area contributed by atoms with E-state index < -0.39 is 37.2 Å². The van der Waals surface area contributed by atoms with Gasteiger partial charge in [0.15, 0.2) is 5.82 Å². The molecule has 56 heavy (non-hydrogen) atoms. The molecule has 10 nitrogen and oxygen atoms in total. The first-order valence-corrected chi connectivity index (χ1v) is 22.1. The third kappa shape index (κ3) is 11.3. The van der Waals surface area contributed by atoms with Gasteiger partial charge in [-0.15, -0.1) is 0 Å². The van der Waals surface area contributed by atoms with Crippen LogP contribution in [0.4, 0.5) is 8.78 Å². The number of hydrogen-bond donors (Lipinski definition) is 0. The Morgan fingerprint density at radius 2 is 1.46 bits per heavy atom. The second-order valence-electron chi connectivity index (χ2n) is 15.6. The van der Waals surface area contributed by atoms with Crippen molar-refractivity contribution in [2.75, 3.05) is 33.5 Å². The van der Waals surface area contributed by atoms with Gasteiger partial charge in [0.2, 0.25) is 0 Å². The Kier molecular flexibility index (Phi) is 13.8. The van der Waals surface area contributed by atoms with E-state index in [4.69, 9.17) is 28.4 Å². The molecule has 4 aromatic carbocycles. The van der Waals surface area contributed by atoms with Crippen LogP contribution in [0.5, 0.6) is 11.8 Å². The predicted octanol–water partition coefficient (Wildman–Crippen LogP) is 9.72. The molecule has 0 saturated heterocycles. The topological polar surface area (TPSA) is 107 Å². The highest BCUT2D eigenvalue weighted by atomic mass is 28.3. The fourth-order valence-electron chi connectivity index (χ4n) is 5.73. The molecule has 0 N–H and O–H groups in total. The minimum atomic E-state index is -1.41. The first-order valence-electron chi connectivity index (χ1n) is 18.4. The third-order valence-electron chi connectivity index (χ3n) is 8.68. The van der Waals surface area contributed by atoms with Crippen molar-refractivity contribution in [2.45, 2.75) is 72.3 Å². The van der Waals surface area contributed by atoms with Crippen molar-refractivity contribution in [1.82, 2.24) is 9.55 Å². The Balaban J connectivity index is 1.31. The fraction of sp³-hybridized carbons (Fsp3) is 0.372. The van der Waals surface area contributed by atoms with Gasteiger partial charge in [-0.05, 0) is 73.7 Å². The molecule has 0 spiro atoms. The molecule has 0 aliphatic carbocycles. The van der Waals surface area contributed by atoms with Crippen LogP contribution in [0, 0.1) is 18.6 Å². The van der Waals surface area contributed by atoms with Gasteiger partial charge < -0.3 is 28.4 Å². The maximum atomic E-state index is 16.4. The number of carbonyl (C=O) groups is 2. The zero-order valence-electron chi connectivity index (χ0n) is 33.3. The highest BCUT2D eigenvalue weighted by Gasteiger charge is 2.24. The summed E-state index contributed by atoms with van der Waals surface area (Å²) in [7, 11) is -0.112. The summed E-state index contributed by atoms with van der Waals surface area (Å²) in [6.45, 7) is 15.1. The van der Waals surface area contributed by atoms with Crippen LogP contribution in [0.25, 0.3) is 33.3 Å². The second-order valence-corrected chi connectivity index (χ2v) is 21.2. The minimum Gasteiger partial charge on any atom is -0.465 e. The van der Waals surface area contributed by atoms with Gasteiger partial charge in [0.05, 0.1) is 43.6 Å². The van der Waals surface area contributed by atoms with Gasteiger partial charge in [0, 0.05) is 20.7 Å². The van der Waals surface area contributed by atoms with Crippen molar-refractivity contribution < 1.29 is 46.8 Å². The Labute approximate surface area is 327 Å². The molecule has 0 unspecified atom stereocenters. The van der Waals surface area contributed by atoms with E-state index >= 15 is 8.78 Å². The molecular weight excluding hydrogens is 739 g/mol. The maximum absolute atomic E-state index is 16.4. The Bertz CT molecular complexity index is 2140. The van der Waals surface area contributed by atoms with Crippen molar-refractivity contribution in [3.63, 3.8) is 0 Å². The Morgan fingerprint density at radius 1 is 0.821 bits per heavy atom. The minimum absolute atomic E-state index is 0.0150. The Morgan fingerprint density at radius 3 is 2.11 bits per heavy atom. The number of halogens is 2. The van der Waals surface area contributed by atoms with E-state index in [1.54, 1.807) is 52.0 Å². The summed E-state index contributed by atoms with van der Waals surface area (Å²) >= 11 is 0. The number of aromatic nitrogens is 2. The molecule has 0 aliphatic heterocycles. The van der Waals surface area contributed by atoms with E-state index in [2.05, 4.69) is 24.6 Å². The number of fused-ring (bicyclic) bond motifs is 1. The summed E-state index contributed by atoms with van der Waals surface area (Å²) in [6, 6.07) is 21.8. The zero-order chi connectivity index (χ0) is 40.6. The largest absolute Gasteiger partial charge is 0.465 e. The standard InChI is InChI=1S/C43H50F2N2O8Si/c1-28-9-18-33(23-34(28)41(49)50-5)54-42-46-40-36(47(42)27-53-21-22-56(6,7)8)24-35(44)38(39(40)45)32-16-14-31(15-17-32)30-12-10-29(11-13-30)25-51-19-20-52-26-37(48)55-43(2,3)4/h9-18,23-24H,19-22,25-27H2,1-8H3. The van der Waals surface area contributed by atoms with Crippen molar-refractivity contribution in [2.24, 2.45) is 0 Å². The average Bonchev–Trinajstić information content (AvgIpc) is 3.47. The molecule has 0 radical (unpaired) electrons. The molecule has 1 aromatic heterocycles. The smallest absolute Gasteiger partial charge is 0.338 e. The highest BCUT2D eigenvalue weighted by molar-refractivity contribution is 6.76. The van der Waals surface area contributed by atoms with Crippen molar-refractivity contribution >= 4 is 31.0 Å². The summed E-state index contributed by atoms with van der Waals surface area (Å²) in [4.78, 5) is 28.6. The molecule has 5 aromatic rings. The maximum Gasteiger partial charge on any atom is 0.338 e. The number of carbonyl (C=O) groups excluding carboxylic acids is 2. The number of rotatable bonds is 17. The van der Waals surface area contributed by atoms with Gasteiger partial charge in [0.1, 0.15) is 36.0 Å². The number of aryl methyl sites for hydroxylation is 1. The summed E-state index contributed by atoms with van der Waals surface area (Å²) in [5.74, 6) is -2.28. The van der Waals surface area contributed by atoms with Gasteiger partial charge in [-0.3, -0.25) is 4.57 Å². The van der Waals surface area contributed by atoms with Crippen molar-refractivity contribution in [3.8, 4) is 34.0 Å². The molecule has 0 saturated carbocycles. The SMILES string of the molecule is COC(=O)c1cc(Oc2nc3c(F)c(-c4ccc(-c5ccc(COCCOCC(=O)OC(C)(C)C)cc5)cc4)c(F)cc3n2COCC[Si](C)(C)C)ccc1C. The van der Waals surface area contributed by atoms with Gasteiger partial charge in [-0.2, -0.15) is 4.98 Å². The van der Waals surface area contributed by atoms with Crippen LogP contribution in [0.15, 0.2) is 72.8 Å². The molecular formula is C43H50F2N2O8Si. The number of methoxy groups -OCH3 is 1. The first-order chi connectivity index (χ1) is 26.5. The molecule has 0 bridgehead atoms. The third-order valence-corrected chi connectivity index (χ3v) is 10.4. The molecule has 298 valence electrons. The molecule has 5 rings (SSSR count). The summed E-state index contributed by atoms with van der Waals surface area (Å²) in [6.07, 6.45) is 0. The van der Waals surface area contributed by atoms with Crippen molar-refractivity contribution in [1.29, 1.82) is 0 Å². The Hall–Kier alpha value is -4.95. The summed E-state index contributed by atoms with van der Waals surface area (Å²) in [5, 5.41) is 0. The van der Waals surface area contributed by atoms with Crippen LogP contribution < -0.4 is 4.74 Å². The number of imidazole rings is 1. The lowest BCUT2D eigenvalue weighted by atomic mass is 9.98. The van der Waals surface area contributed by atoms with Crippen LogP contribution in [0.1, 0.15) is 42.3 Å². The number of ether oxygens (including phenoxy) is 6. The zero-order valence-corrected chi connectivity index (χ0v) is 34.3. The van der Waals surface area contributed by atoms with E-state index in [1.165, 1.54) is 23.8 Å². The van der Waals surface area contributed by atoms with E-state index in [-0.39, 0.29) is 48.3 Å². The van der Waals surface area contributed by atoms with Crippen LogP contribution >= 0.6 is 0 Å². The van der Waals surface area contributed by atoms with E-state index in [0.29, 0.717) is 36.5 Å². The lowest BCUT2D eigenvalue weighted by Crippen LogP contribution is -2.26. The molecule has 0 fully saturated rings. The van der Waals surface area contributed by atoms with Crippen LogP contribution in [0.2, 0.25) is 25.7 Å². The average molecular weight is 789 g/mol. The quantitative estimate of drug-likeness (QED) is 0.0517. The van der Waals surface area contributed by atoms with E-state index in [9.17, 15) is 9.59 Å². The highest BCUT2D eigenvalue weighted by Crippen LogP contribution is 2.36. The van der Waals surface area contributed by atoms with Gasteiger partial charge >= 0.3 is 17.9 Å². The lowest BCUT2D eigenvalue weighted by Gasteiger charge is -2.19. The van der Waals surface area contributed by atoms with Crippen LogP contribution in [0.3, 0.4) is 0 Å². The monoisotopic (exact) mass is 788 g/mol. The molecule has 0 aliphatic rings. The fourth-order valence-corrected chi connectivity index (χ4v) is 6.48. The molecule has 13 heteroatoms. The lowest BCUT2D eigenvalue weighted by molar-refractivity contribution is -0.160. The van der Waals surface area contributed by atoms with Gasteiger partial charge in [-0.25, -0.2) is 18.4 Å². The van der Waals surface area contributed by atoms with Crippen LogP contribution in [-0.4, -0.2) is 68.7 Å². The molecule has 1 heterocycles. The second kappa shape index (κ2) is 18.3. The first kappa shape index (κ1) is 42.2. The summed E-state index contributed by atoms with van der Waals surface area (Å²) in [5.41, 5.74) is 3.37. The molecule has 0 atom stereocenters. The number of benzene rings is 4. The van der Waals surface area contributed by atoms with E-state index in [1.807, 2.05) is 36.4 Å². The van der Waals surface area contributed by atoms with E-state index in [0.717, 1.165) is 22.7 Å². The van der Waals surface area contributed by atoms with Gasteiger partial charge in [0.25, 0.3) is 0 Å².